The topological polar surface area (TPSA) is 101 Å². The molecule has 0 aliphatic rings. The summed E-state index contributed by atoms with van der Waals surface area (Å²) < 4.78 is 16.8. The van der Waals surface area contributed by atoms with Gasteiger partial charge in [-0.2, -0.15) is 0 Å². The second-order valence-corrected chi connectivity index (χ2v) is 6.39. The van der Waals surface area contributed by atoms with Gasteiger partial charge in [0.25, 0.3) is 0 Å². The molecule has 0 bridgehead atoms. The smallest absolute Gasteiger partial charge is 0.323 e. The Balaban J connectivity index is 2.56. The van der Waals surface area contributed by atoms with Gasteiger partial charge in [-0.05, 0) is 6.42 Å². The number of aromatic nitrogens is 2. The average Bonchev–Trinajstić information content (AvgIpc) is 2.94. The highest BCUT2D eigenvalue weighted by Crippen LogP contribution is 2.22. The van der Waals surface area contributed by atoms with Gasteiger partial charge in [-0.3, -0.25) is 13.9 Å². The molecular formula is C10H16N4O4S2. The number of nitrogens with one attached hydrogen (secondary N) is 1. The fraction of sp³-hybridized carbons (Fsp3) is 0.600. The maximum atomic E-state index is 11.9. The molecule has 0 spiro atoms. The van der Waals surface area contributed by atoms with E-state index in [1.165, 1.54) is 19.1 Å². The molecule has 0 fully saturated rings. The zero-order valence-electron chi connectivity index (χ0n) is 11.4. The fourth-order valence-electron chi connectivity index (χ4n) is 1.22. The summed E-state index contributed by atoms with van der Waals surface area (Å²) in [6.07, 6.45) is 0.658. The van der Waals surface area contributed by atoms with Crippen molar-refractivity contribution in [2.45, 2.75) is 17.2 Å². The van der Waals surface area contributed by atoms with E-state index in [-0.39, 0.29) is 18.4 Å². The average molecular weight is 320 g/mol. The molecule has 0 aliphatic heterocycles. The van der Waals surface area contributed by atoms with Crippen LogP contribution in [0, 0.1) is 0 Å². The normalized spacial score (nSPS) is 11.8. The highest BCUT2D eigenvalue weighted by atomic mass is 32.2. The van der Waals surface area contributed by atoms with Crippen LogP contribution < -0.4 is 10.2 Å². The number of carbonyl (C=O) groups is 2. The Morgan fingerprint density at radius 3 is 2.75 bits per heavy atom. The minimum Gasteiger partial charge on any atom is -0.469 e. The van der Waals surface area contributed by atoms with E-state index in [4.69, 9.17) is 0 Å². The predicted molar refractivity (Wildman–Crippen MR) is 75.3 cm³/mol. The van der Waals surface area contributed by atoms with E-state index in [1.807, 2.05) is 0 Å². The number of methoxy groups -OCH3 is 1. The van der Waals surface area contributed by atoms with Crippen LogP contribution in [0.3, 0.4) is 0 Å². The van der Waals surface area contributed by atoms with Gasteiger partial charge in [-0.25, -0.2) is 4.79 Å². The third kappa shape index (κ3) is 4.53. The molecule has 0 aliphatic carbocycles. The molecule has 1 rings (SSSR count). The number of urea groups is 1. The lowest BCUT2D eigenvalue weighted by atomic mass is 10.3. The van der Waals surface area contributed by atoms with E-state index in [0.29, 0.717) is 21.6 Å². The summed E-state index contributed by atoms with van der Waals surface area (Å²) in [6, 6.07) is -0.329. The molecular weight excluding hydrogens is 304 g/mol. The third-order valence-electron chi connectivity index (χ3n) is 2.33. The summed E-state index contributed by atoms with van der Waals surface area (Å²) in [5.41, 5.74) is 0. The maximum absolute atomic E-state index is 11.9. The predicted octanol–water partition coefficient (Wildman–Crippen LogP) is 0.374. The second kappa shape index (κ2) is 7.90. The Bertz CT molecular complexity index is 505. The van der Waals surface area contributed by atoms with E-state index in [2.05, 4.69) is 20.3 Å². The number of hydrogen-bond acceptors (Lipinski definition) is 7. The monoisotopic (exact) mass is 320 g/mol. The van der Waals surface area contributed by atoms with Gasteiger partial charge in [-0.15, -0.1) is 10.2 Å². The first-order chi connectivity index (χ1) is 9.49. The molecule has 1 atom stereocenters. The second-order valence-electron chi connectivity index (χ2n) is 3.69. The molecule has 0 radical (unpaired) electrons. The van der Waals surface area contributed by atoms with Gasteiger partial charge in [0.2, 0.25) is 9.47 Å². The summed E-state index contributed by atoms with van der Waals surface area (Å²) in [4.78, 5) is 23.6. The maximum Gasteiger partial charge on any atom is 0.323 e. The van der Waals surface area contributed by atoms with Crippen molar-refractivity contribution in [3.8, 4) is 0 Å². The summed E-state index contributed by atoms with van der Waals surface area (Å²) in [5, 5.41) is 10.4. The van der Waals surface area contributed by atoms with Gasteiger partial charge in [0.1, 0.15) is 0 Å². The minimum atomic E-state index is -1.33. The summed E-state index contributed by atoms with van der Waals surface area (Å²) in [6.45, 7) is 0. The molecule has 1 heterocycles. The SMILES string of the molecule is CNC(=O)N(C)c1nnc(S(=O)CCCC(=O)OC)s1. The van der Waals surface area contributed by atoms with Crippen molar-refractivity contribution in [3.05, 3.63) is 0 Å². The van der Waals surface area contributed by atoms with Crippen molar-refractivity contribution in [2.75, 3.05) is 31.9 Å². The Labute approximate surface area is 123 Å². The number of ether oxygens (including phenoxy) is 1. The number of nitrogens with zero attached hydrogens (tertiary/aromatic N) is 3. The minimum absolute atomic E-state index is 0.214. The van der Waals surface area contributed by atoms with Crippen molar-refractivity contribution < 1.29 is 18.5 Å². The van der Waals surface area contributed by atoms with Crippen molar-refractivity contribution in [1.82, 2.24) is 15.5 Å². The largest absolute Gasteiger partial charge is 0.469 e. The van der Waals surface area contributed by atoms with Gasteiger partial charge >= 0.3 is 12.0 Å². The van der Waals surface area contributed by atoms with E-state index >= 15 is 0 Å². The van der Waals surface area contributed by atoms with Gasteiger partial charge < -0.3 is 10.1 Å². The molecule has 112 valence electrons. The number of hydrogen-bond donors (Lipinski definition) is 1. The van der Waals surface area contributed by atoms with E-state index < -0.39 is 10.8 Å². The quantitative estimate of drug-likeness (QED) is 0.600. The standard InChI is InChI=1S/C10H16N4O4S2/c1-11-8(16)14(2)9-12-13-10(19-9)20(17)6-4-5-7(15)18-3/h4-6H2,1-3H3,(H,11,16). The molecule has 1 aromatic heterocycles. The molecule has 1 N–H and O–H groups in total. The molecule has 10 heteroatoms. The Morgan fingerprint density at radius 2 is 2.15 bits per heavy atom. The van der Waals surface area contributed by atoms with E-state index in [1.54, 1.807) is 7.05 Å². The molecule has 1 unspecified atom stereocenters. The molecule has 0 saturated heterocycles. The highest BCUT2D eigenvalue weighted by molar-refractivity contribution is 7.87. The van der Waals surface area contributed by atoms with Gasteiger partial charge in [-0.1, -0.05) is 11.3 Å². The van der Waals surface area contributed by atoms with Crippen molar-refractivity contribution in [1.29, 1.82) is 0 Å². The van der Waals surface area contributed by atoms with Crippen molar-refractivity contribution >= 4 is 39.3 Å². The van der Waals surface area contributed by atoms with Crippen LogP contribution in [0.25, 0.3) is 0 Å². The Hall–Kier alpha value is -1.55. The lowest BCUT2D eigenvalue weighted by Gasteiger charge is -2.10. The number of anilines is 1. The van der Waals surface area contributed by atoms with Crippen LogP contribution in [0.15, 0.2) is 4.34 Å². The molecule has 0 aromatic carbocycles. The molecule has 20 heavy (non-hydrogen) atoms. The van der Waals surface area contributed by atoms with Crippen LogP contribution in [-0.4, -0.2) is 53.4 Å². The van der Waals surface area contributed by atoms with Gasteiger partial charge in [0, 0.05) is 26.3 Å². The van der Waals surface area contributed by atoms with Crippen LogP contribution >= 0.6 is 11.3 Å². The van der Waals surface area contributed by atoms with E-state index in [9.17, 15) is 13.8 Å². The van der Waals surface area contributed by atoms with Crippen LogP contribution in [0.2, 0.25) is 0 Å². The Kier molecular flexibility index (Phi) is 6.52. The lowest BCUT2D eigenvalue weighted by Crippen LogP contribution is -2.34. The van der Waals surface area contributed by atoms with Crippen LogP contribution in [0.4, 0.5) is 9.93 Å². The first-order valence-corrected chi connectivity index (χ1v) is 7.87. The lowest BCUT2D eigenvalue weighted by molar-refractivity contribution is -0.140. The fourth-order valence-corrected chi connectivity index (χ4v) is 3.32. The summed E-state index contributed by atoms with van der Waals surface area (Å²) in [5.74, 6) is -0.0349. The Morgan fingerprint density at radius 1 is 1.45 bits per heavy atom. The van der Waals surface area contributed by atoms with Crippen LogP contribution in [-0.2, 0) is 20.3 Å². The molecule has 2 amide bonds. The van der Waals surface area contributed by atoms with Crippen molar-refractivity contribution in [3.63, 3.8) is 0 Å². The number of carbonyl (C=O) groups excluding carboxylic acids is 2. The van der Waals surface area contributed by atoms with Gasteiger partial charge in [0.05, 0.1) is 17.9 Å². The first kappa shape index (κ1) is 16.5. The number of rotatable bonds is 6. The van der Waals surface area contributed by atoms with Crippen LogP contribution in [0.1, 0.15) is 12.8 Å². The number of amides is 2. The summed E-state index contributed by atoms with van der Waals surface area (Å²) >= 11 is 1.08. The zero-order valence-corrected chi connectivity index (χ0v) is 13.0. The zero-order chi connectivity index (χ0) is 15.1. The first-order valence-electron chi connectivity index (χ1n) is 5.73. The van der Waals surface area contributed by atoms with E-state index in [0.717, 1.165) is 11.3 Å². The molecule has 0 saturated carbocycles. The molecule has 8 nitrogen and oxygen atoms in total. The molecule has 1 aromatic rings. The van der Waals surface area contributed by atoms with Crippen LogP contribution in [0.5, 0.6) is 0 Å². The third-order valence-corrected chi connectivity index (χ3v) is 5.07. The summed E-state index contributed by atoms with van der Waals surface area (Å²) in [7, 11) is 3.03. The van der Waals surface area contributed by atoms with Gasteiger partial charge in [0.15, 0.2) is 0 Å². The highest BCUT2D eigenvalue weighted by Gasteiger charge is 2.17. The number of esters is 1. The van der Waals surface area contributed by atoms with Crippen molar-refractivity contribution in [2.24, 2.45) is 0 Å².